The molecule has 7 nitrogen and oxygen atoms in total. The minimum atomic E-state index is -0.289. The van der Waals surface area contributed by atoms with Crippen LogP contribution in [0.5, 0.6) is 5.75 Å². The molecule has 3 rings (SSSR count). The summed E-state index contributed by atoms with van der Waals surface area (Å²) in [5, 5.41) is 9.44. The SMILES string of the molecule is CN=C(NCc1cccc(NC(=O)N2CCCC2)c1)NCC(C)Oc1ccc(F)cc1. The summed E-state index contributed by atoms with van der Waals surface area (Å²) in [6.45, 7) is 4.65. The molecule has 1 saturated heterocycles. The molecule has 1 unspecified atom stereocenters. The molecule has 2 aromatic carbocycles. The summed E-state index contributed by atoms with van der Waals surface area (Å²) in [6, 6.07) is 13.7. The molecule has 2 aromatic rings. The van der Waals surface area contributed by atoms with Gasteiger partial charge in [-0.1, -0.05) is 12.1 Å². The van der Waals surface area contributed by atoms with Gasteiger partial charge in [-0.3, -0.25) is 4.99 Å². The van der Waals surface area contributed by atoms with Crippen molar-refractivity contribution in [3.63, 3.8) is 0 Å². The molecule has 1 atom stereocenters. The molecule has 0 aromatic heterocycles. The van der Waals surface area contributed by atoms with Gasteiger partial charge in [0.1, 0.15) is 17.7 Å². The van der Waals surface area contributed by atoms with Gasteiger partial charge in [0.2, 0.25) is 0 Å². The predicted molar refractivity (Wildman–Crippen MR) is 121 cm³/mol. The van der Waals surface area contributed by atoms with Crippen LogP contribution in [0.2, 0.25) is 0 Å². The Morgan fingerprint density at radius 1 is 1.16 bits per heavy atom. The number of carbonyl (C=O) groups excluding carboxylic acids is 1. The van der Waals surface area contributed by atoms with E-state index >= 15 is 0 Å². The van der Waals surface area contributed by atoms with E-state index in [1.165, 1.54) is 12.1 Å². The Kier molecular flexibility index (Phi) is 8.09. The van der Waals surface area contributed by atoms with Gasteiger partial charge in [0, 0.05) is 32.4 Å². The fourth-order valence-corrected chi connectivity index (χ4v) is 3.32. The molecule has 1 fully saturated rings. The summed E-state index contributed by atoms with van der Waals surface area (Å²) in [5.74, 6) is 0.968. The van der Waals surface area contributed by atoms with Crippen molar-refractivity contribution in [1.82, 2.24) is 15.5 Å². The predicted octanol–water partition coefficient (Wildman–Crippen LogP) is 3.59. The number of hydrogen-bond donors (Lipinski definition) is 3. The Hall–Kier alpha value is -3.29. The number of benzene rings is 2. The van der Waals surface area contributed by atoms with Gasteiger partial charge in [0.15, 0.2) is 5.96 Å². The number of halogens is 1. The number of nitrogens with one attached hydrogen (secondary N) is 3. The minimum Gasteiger partial charge on any atom is -0.489 e. The molecular formula is C23H30FN5O2. The number of likely N-dealkylation sites (tertiary alicyclic amines) is 1. The van der Waals surface area contributed by atoms with Crippen LogP contribution in [0.1, 0.15) is 25.3 Å². The smallest absolute Gasteiger partial charge is 0.321 e. The Morgan fingerprint density at radius 3 is 2.61 bits per heavy atom. The topological polar surface area (TPSA) is 78.0 Å². The van der Waals surface area contributed by atoms with Gasteiger partial charge < -0.3 is 25.6 Å². The van der Waals surface area contributed by atoms with Crippen molar-refractivity contribution < 1.29 is 13.9 Å². The summed E-state index contributed by atoms with van der Waals surface area (Å²) in [5.41, 5.74) is 1.80. The van der Waals surface area contributed by atoms with Crippen LogP contribution >= 0.6 is 0 Å². The normalized spacial score (nSPS) is 14.8. The maximum Gasteiger partial charge on any atom is 0.321 e. The first-order valence-electron chi connectivity index (χ1n) is 10.5. The zero-order valence-corrected chi connectivity index (χ0v) is 18.0. The number of hydrogen-bond acceptors (Lipinski definition) is 3. The van der Waals surface area contributed by atoms with Gasteiger partial charge in [0.25, 0.3) is 0 Å². The monoisotopic (exact) mass is 427 g/mol. The Morgan fingerprint density at radius 2 is 1.90 bits per heavy atom. The summed E-state index contributed by atoms with van der Waals surface area (Å²) < 4.78 is 18.8. The largest absolute Gasteiger partial charge is 0.489 e. The number of carbonyl (C=O) groups is 1. The van der Waals surface area contributed by atoms with E-state index in [1.54, 1.807) is 19.2 Å². The number of ether oxygens (including phenoxy) is 1. The fourth-order valence-electron chi connectivity index (χ4n) is 3.32. The van der Waals surface area contributed by atoms with E-state index in [-0.39, 0.29) is 18.0 Å². The van der Waals surface area contributed by atoms with Crippen LogP contribution < -0.4 is 20.7 Å². The maximum atomic E-state index is 13.0. The van der Waals surface area contributed by atoms with Crippen LogP contribution in [0, 0.1) is 5.82 Å². The second kappa shape index (κ2) is 11.2. The first kappa shape index (κ1) is 22.4. The molecule has 8 heteroatoms. The molecule has 3 N–H and O–H groups in total. The van der Waals surface area contributed by atoms with Gasteiger partial charge >= 0.3 is 6.03 Å². The number of rotatable bonds is 7. The highest BCUT2D eigenvalue weighted by atomic mass is 19.1. The summed E-state index contributed by atoms with van der Waals surface area (Å²) in [4.78, 5) is 18.3. The number of amides is 2. The van der Waals surface area contributed by atoms with Crippen molar-refractivity contribution in [2.24, 2.45) is 4.99 Å². The molecular weight excluding hydrogens is 397 g/mol. The molecule has 1 heterocycles. The van der Waals surface area contributed by atoms with Crippen LogP contribution in [0.15, 0.2) is 53.5 Å². The van der Waals surface area contributed by atoms with Gasteiger partial charge in [-0.25, -0.2) is 9.18 Å². The lowest BCUT2D eigenvalue weighted by Crippen LogP contribution is -2.41. The highest BCUT2D eigenvalue weighted by molar-refractivity contribution is 5.89. The quantitative estimate of drug-likeness (QED) is 0.466. The second-order valence-electron chi connectivity index (χ2n) is 7.51. The zero-order chi connectivity index (χ0) is 22.1. The van der Waals surface area contributed by atoms with Crippen LogP contribution in [-0.4, -0.2) is 49.7 Å². The lowest BCUT2D eigenvalue weighted by atomic mass is 10.2. The van der Waals surface area contributed by atoms with Gasteiger partial charge in [-0.15, -0.1) is 0 Å². The van der Waals surface area contributed by atoms with Gasteiger partial charge in [-0.2, -0.15) is 0 Å². The molecule has 0 radical (unpaired) electrons. The van der Waals surface area contributed by atoms with Crippen LogP contribution in [0.4, 0.5) is 14.9 Å². The van der Waals surface area contributed by atoms with E-state index in [4.69, 9.17) is 4.74 Å². The molecule has 31 heavy (non-hydrogen) atoms. The lowest BCUT2D eigenvalue weighted by molar-refractivity contribution is 0.222. The first-order valence-corrected chi connectivity index (χ1v) is 10.5. The number of aliphatic imine (C=N–C) groups is 1. The third-order valence-electron chi connectivity index (χ3n) is 4.96. The number of guanidine groups is 1. The lowest BCUT2D eigenvalue weighted by Gasteiger charge is -2.18. The van der Waals surface area contributed by atoms with Crippen LogP contribution in [0.25, 0.3) is 0 Å². The molecule has 0 saturated carbocycles. The minimum absolute atomic E-state index is 0.0461. The molecule has 166 valence electrons. The highest BCUT2D eigenvalue weighted by Crippen LogP contribution is 2.14. The van der Waals surface area contributed by atoms with E-state index in [1.807, 2.05) is 36.1 Å². The molecule has 1 aliphatic rings. The van der Waals surface area contributed by atoms with Crippen molar-refractivity contribution in [2.75, 3.05) is 32.0 Å². The summed E-state index contributed by atoms with van der Waals surface area (Å²) in [7, 11) is 1.70. The Bertz CT molecular complexity index is 882. The number of urea groups is 1. The molecule has 0 bridgehead atoms. The van der Waals surface area contributed by atoms with E-state index in [0.717, 1.165) is 37.2 Å². The van der Waals surface area contributed by atoms with E-state index in [2.05, 4.69) is 20.9 Å². The van der Waals surface area contributed by atoms with Crippen LogP contribution in [0.3, 0.4) is 0 Å². The van der Waals surface area contributed by atoms with Crippen LogP contribution in [-0.2, 0) is 6.54 Å². The average Bonchev–Trinajstić information content (AvgIpc) is 3.31. The van der Waals surface area contributed by atoms with Gasteiger partial charge in [0.05, 0.1) is 6.54 Å². The van der Waals surface area contributed by atoms with E-state index in [0.29, 0.717) is 24.8 Å². The molecule has 0 aliphatic carbocycles. The zero-order valence-electron chi connectivity index (χ0n) is 18.0. The third-order valence-corrected chi connectivity index (χ3v) is 4.96. The van der Waals surface area contributed by atoms with Crippen molar-refractivity contribution >= 4 is 17.7 Å². The second-order valence-corrected chi connectivity index (χ2v) is 7.51. The number of anilines is 1. The summed E-state index contributed by atoms with van der Waals surface area (Å²) in [6.07, 6.45) is 2.00. The van der Waals surface area contributed by atoms with E-state index < -0.39 is 0 Å². The first-order chi connectivity index (χ1) is 15.0. The van der Waals surface area contributed by atoms with Crippen molar-refractivity contribution in [3.05, 3.63) is 59.9 Å². The third kappa shape index (κ3) is 7.16. The van der Waals surface area contributed by atoms with Crippen molar-refractivity contribution in [1.29, 1.82) is 0 Å². The fraction of sp³-hybridized carbons (Fsp3) is 0.391. The molecule has 1 aliphatic heterocycles. The average molecular weight is 428 g/mol. The summed E-state index contributed by atoms with van der Waals surface area (Å²) >= 11 is 0. The number of nitrogens with zero attached hydrogens (tertiary/aromatic N) is 2. The Balaban J connectivity index is 1.44. The standard InChI is InChI=1S/C23H30FN5O2/c1-17(31-21-10-8-19(24)9-11-21)15-26-22(25-2)27-16-18-6-5-7-20(14-18)28-23(30)29-12-3-4-13-29/h5-11,14,17H,3-4,12-13,15-16H2,1-2H3,(H,28,30)(H2,25,26,27). The maximum absolute atomic E-state index is 13.0. The van der Waals surface area contributed by atoms with Crippen molar-refractivity contribution in [2.45, 2.75) is 32.4 Å². The van der Waals surface area contributed by atoms with Crippen molar-refractivity contribution in [3.8, 4) is 5.75 Å². The molecule has 0 spiro atoms. The van der Waals surface area contributed by atoms with Gasteiger partial charge in [-0.05, 0) is 61.7 Å². The molecule has 2 amide bonds. The Labute approximate surface area is 182 Å². The van der Waals surface area contributed by atoms with E-state index in [9.17, 15) is 9.18 Å². The highest BCUT2D eigenvalue weighted by Gasteiger charge is 2.17.